The van der Waals surface area contributed by atoms with Crippen molar-refractivity contribution in [3.05, 3.63) is 45.1 Å². The van der Waals surface area contributed by atoms with Crippen LogP contribution in [0.4, 0.5) is 17.6 Å². The van der Waals surface area contributed by atoms with Crippen LogP contribution in [0.25, 0.3) is 0 Å². The molecule has 1 aromatic carbocycles. The highest BCUT2D eigenvalue weighted by Crippen LogP contribution is 2.36. The summed E-state index contributed by atoms with van der Waals surface area (Å²) in [6.07, 6.45) is -3.01. The van der Waals surface area contributed by atoms with Gasteiger partial charge in [0.2, 0.25) is 0 Å². The monoisotopic (exact) mass is 409 g/mol. The van der Waals surface area contributed by atoms with Gasteiger partial charge in [0.05, 0.1) is 28.8 Å². The lowest BCUT2D eigenvalue weighted by Gasteiger charge is -2.10. The van der Waals surface area contributed by atoms with Crippen molar-refractivity contribution in [2.24, 2.45) is 10.2 Å². The molecule has 1 heterocycles. The quantitative estimate of drug-likeness (QED) is 0.273. The number of esters is 1. The number of hydrogen-bond acceptors (Lipinski definition) is 6. The molecule has 0 unspecified atom stereocenters. The number of nitrogens with one attached hydrogen (secondary N) is 1. The first kappa shape index (κ1) is 19.9. The van der Waals surface area contributed by atoms with Gasteiger partial charge in [-0.3, -0.25) is 10.1 Å². The maximum atomic E-state index is 13.9. The van der Waals surface area contributed by atoms with Gasteiger partial charge in [-0.2, -0.15) is 18.3 Å². The van der Waals surface area contributed by atoms with Crippen LogP contribution in [0.1, 0.15) is 11.1 Å². The summed E-state index contributed by atoms with van der Waals surface area (Å²) in [4.78, 5) is 22.7. The summed E-state index contributed by atoms with van der Waals surface area (Å²) in [5.41, 5.74) is -1.64. The van der Waals surface area contributed by atoms with Crippen molar-refractivity contribution < 1.29 is 31.9 Å². The van der Waals surface area contributed by atoms with E-state index in [-0.39, 0.29) is 15.6 Å². The maximum Gasteiger partial charge on any atom is 0.417 e. The van der Waals surface area contributed by atoms with Gasteiger partial charge >= 0.3 is 12.1 Å². The highest BCUT2D eigenvalue weighted by atomic mass is 35.5. The van der Waals surface area contributed by atoms with Crippen molar-refractivity contribution in [1.82, 2.24) is 5.32 Å². The summed E-state index contributed by atoms with van der Waals surface area (Å²) in [6, 6.07) is 1.46. The average molecular weight is 410 g/mol. The van der Waals surface area contributed by atoms with Crippen molar-refractivity contribution in [1.29, 1.82) is 0 Å². The number of amides is 1. The zero-order valence-corrected chi connectivity index (χ0v) is 14.3. The fourth-order valence-corrected chi connectivity index (χ4v) is 2.69. The third-order valence-electron chi connectivity index (χ3n) is 2.86. The van der Waals surface area contributed by atoms with E-state index in [1.807, 2.05) is 0 Å². The SMILES string of the molecule is COC(=O)/C=C1/S/C(=N\N=Cc2ccc(C(F)(F)F)c(Cl)c2F)NC1=O. The number of hydrogen-bond donors (Lipinski definition) is 1. The van der Waals surface area contributed by atoms with E-state index < -0.39 is 34.5 Å². The minimum atomic E-state index is -4.79. The van der Waals surface area contributed by atoms with E-state index in [1.54, 1.807) is 0 Å². The molecule has 1 N–H and O–H groups in total. The summed E-state index contributed by atoms with van der Waals surface area (Å²) in [5.74, 6) is -2.66. The fourth-order valence-electron chi connectivity index (χ4n) is 1.67. The van der Waals surface area contributed by atoms with Crippen LogP contribution in [0.3, 0.4) is 0 Å². The Labute approximate surface area is 152 Å². The van der Waals surface area contributed by atoms with E-state index in [2.05, 4.69) is 20.3 Å². The van der Waals surface area contributed by atoms with Gasteiger partial charge in [0.1, 0.15) is 0 Å². The highest BCUT2D eigenvalue weighted by molar-refractivity contribution is 8.18. The second-order valence-corrected chi connectivity index (χ2v) is 5.97. The topological polar surface area (TPSA) is 80.1 Å². The lowest BCUT2D eigenvalue weighted by molar-refractivity contribution is -0.137. The number of ether oxygens (including phenoxy) is 1. The van der Waals surface area contributed by atoms with Crippen molar-refractivity contribution in [2.75, 3.05) is 7.11 Å². The van der Waals surface area contributed by atoms with Crippen LogP contribution >= 0.6 is 23.4 Å². The molecule has 0 spiro atoms. The number of nitrogens with zero attached hydrogens (tertiary/aromatic N) is 2. The summed E-state index contributed by atoms with van der Waals surface area (Å²) in [5, 5.41) is 8.27. The van der Waals surface area contributed by atoms with Crippen molar-refractivity contribution in [3.63, 3.8) is 0 Å². The predicted molar refractivity (Wildman–Crippen MR) is 87.3 cm³/mol. The average Bonchev–Trinajstić information content (AvgIpc) is 2.90. The summed E-state index contributed by atoms with van der Waals surface area (Å²) in [7, 11) is 1.14. The minimum Gasteiger partial charge on any atom is -0.466 e. The molecule has 1 aromatic rings. The van der Waals surface area contributed by atoms with E-state index in [9.17, 15) is 27.2 Å². The molecule has 0 radical (unpaired) electrons. The first-order chi connectivity index (χ1) is 12.1. The Kier molecular flexibility index (Phi) is 6.03. The van der Waals surface area contributed by atoms with Gasteiger partial charge in [0.15, 0.2) is 11.0 Å². The molecule has 6 nitrogen and oxygen atoms in total. The molecule has 2 rings (SSSR count). The molecule has 0 bridgehead atoms. The summed E-state index contributed by atoms with van der Waals surface area (Å²) < 4.78 is 56.1. The summed E-state index contributed by atoms with van der Waals surface area (Å²) >= 11 is 6.16. The Hall–Kier alpha value is -2.40. The molecule has 0 saturated carbocycles. The Morgan fingerprint density at radius 3 is 2.69 bits per heavy atom. The zero-order chi connectivity index (χ0) is 19.5. The first-order valence-corrected chi connectivity index (χ1v) is 7.78. The van der Waals surface area contributed by atoms with Gasteiger partial charge in [-0.15, -0.1) is 5.10 Å². The van der Waals surface area contributed by atoms with E-state index >= 15 is 0 Å². The molecular formula is C14H8ClF4N3O3S. The number of rotatable bonds is 3. The third kappa shape index (κ3) is 4.61. The molecule has 1 aliphatic heterocycles. The van der Waals surface area contributed by atoms with Crippen LogP contribution in [0, 0.1) is 5.82 Å². The molecule has 1 fully saturated rings. The van der Waals surface area contributed by atoms with Crippen molar-refractivity contribution >= 4 is 46.6 Å². The first-order valence-electron chi connectivity index (χ1n) is 6.58. The Balaban J connectivity index is 2.18. The maximum absolute atomic E-state index is 13.9. The van der Waals surface area contributed by atoms with Gasteiger partial charge in [-0.25, -0.2) is 9.18 Å². The molecule has 1 saturated heterocycles. The van der Waals surface area contributed by atoms with Crippen molar-refractivity contribution in [3.8, 4) is 0 Å². The zero-order valence-electron chi connectivity index (χ0n) is 12.7. The highest BCUT2D eigenvalue weighted by Gasteiger charge is 2.34. The molecule has 0 aliphatic carbocycles. The van der Waals surface area contributed by atoms with Gasteiger partial charge in [-0.05, 0) is 23.9 Å². The molecule has 0 atom stereocenters. The van der Waals surface area contributed by atoms with Gasteiger partial charge in [0, 0.05) is 11.6 Å². The second kappa shape index (κ2) is 7.87. The van der Waals surface area contributed by atoms with Crippen LogP contribution < -0.4 is 5.32 Å². The van der Waals surface area contributed by atoms with E-state index in [0.29, 0.717) is 6.07 Å². The van der Waals surface area contributed by atoms with E-state index in [4.69, 9.17) is 11.6 Å². The number of alkyl halides is 3. The number of halogens is 5. The van der Waals surface area contributed by atoms with Crippen molar-refractivity contribution in [2.45, 2.75) is 6.18 Å². The van der Waals surface area contributed by atoms with E-state index in [0.717, 1.165) is 37.2 Å². The number of amidine groups is 1. The Bertz CT molecular complexity index is 853. The number of carbonyl (C=O) groups excluding carboxylic acids is 2. The molecule has 1 amide bonds. The minimum absolute atomic E-state index is 0.00885. The number of benzene rings is 1. The smallest absolute Gasteiger partial charge is 0.417 e. The van der Waals surface area contributed by atoms with E-state index in [1.165, 1.54) is 0 Å². The number of methoxy groups -OCH3 is 1. The van der Waals surface area contributed by atoms with Crippen LogP contribution in [0.5, 0.6) is 0 Å². The van der Waals surface area contributed by atoms with Crippen LogP contribution in [0.2, 0.25) is 5.02 Å². The number of carbonyl (C=O) groups is 2. The second-order valence-electron chi connectivity index (χ2n) is 4.57. The van der Waals surface area contributed by atoms with Gasteiger partial charge in [0.25, 0.3) is 5.91 Å². The Morgan fingerprint density at radius 2 is 2.08 bits per heavy atom. The van der Waals surface area contributed by atoms with Gasteiger partial charge in [-0.1, -0.05) is 11.6 Å². The molecule has 12 heteroatoms. The van der Waals surface area contributed by atoms with Crippen LogP contribution in [-0.4, -0.2) is 30.4 Å². The number of thioether (sulfide) groups is 1. The lowest BCUT2D eigenvalue weighted by atomic mass is 10.1. The predicted octanol–water partition coefficient (Wildman–Crippen LogP) is 3.11. The molecule has 1 aliphatic rings. The van der Waals surface area contributed by atoms with Crippen LogP contribution in [-0.2, 0) is 20.5 Å². The molecule has 138 valence electrons. The Morgan fingerprint density at radius 1 is 1.38 bits per heavy atom. The molecule has 0 aromatic heterocycles. The largest absolute Gasteiger partial charge is 0.466 e. The molecule has 26 heavy (non-hydrogen) atoms. The standard InChI is InChI=1S/C14H8ClF4N3O3S/c1-25-9(23)4-8-12(24)21-13(26-8)22-20-5-6-2-3-7(14(17,18)19)10(15)11(6)16/h2-5H,1H3,(H,21,22,24)/b8-4+,20-5?. The third-order valence-corrected chi connectivity index (χ3v) is 4.13. The molecular weight excluding hydrogens is 402 g/mol. The summed E-state index contributed by atoms with van der Waals surface area (Å²) in [6.45, 7) is 0. The normalized spacial score (nSPS) is 18.0. The van der Waals surface area contributed by atoms with Crippen LogP contribution in [0.15, 0.2) is 33.3 Å². The fraction of sp³-hybridized carbons (Fsp3) is 0.143. The van der Waals surface area contributed by atoms with Gasteiger partial charge < -0.3 is 4.74 Å². The lowest BCUT2D eigenvalue weighted by Crippen LogP contribution is -2.19.